The fourth-order valence-electron chi connectivity index (χ4n) is 2.49. The molecule has 0 bridgehead atoms. The second-order valence-corrected chi connectivity index (χ2v) is 5.28. The lowest BCUT2D eigenvalue weighted by Crippen LogP contribution is -2.27. The molecule has 0 radical (unpaired) electrons. The maximum Gasteiger partial charge on any atom is 0.417 e. The molecule has 1 amide bonds. The highest BCUT2D eigenvalue weighted by Gasteiger charge is 2.35. The van der Waals surface area contributed by atoms with Crippen molar-refractivity contribution in [1.82, 2.24) is 4.90 Å². The SMILES string of the molecule is [N-]=[N+]=NCC1CN(C2=COC=C(CC3=CC=CCC3)O2)C(=O)O1. The number of allylic oxidation sites excluding steroid dienone is 4. The minimum absolute atomic E-state index is 0.0921. The largest absolute Gasteiger partial charge is 0.464 e. The van der Waals surface area contributed by atoms with Crippen LogP contribution >= 0.6 is 0 Å². The van der Waals surface area contributed by atoms with Gasteiger partial charge in [0, 0.05) is 11.3 Å². The second kappa shape index (κ2) is 6.93. The first-order valence-corrected chi connectivity index (χ1v) is 7.32. The molecule has 2 aliphatic heterocycles. The summed E-state index contributed by atoms with van der Waals surface area (Å²) >= 11 is 0. The highest BCUT2D eigenvalue weighted by atomic mass is 16.6. The maximum absolute atomic E-state index is 11.9. The van der Waals surface area contributed by atoms with Crippen LogP contribution in [0, 0.1) is 0 Å². The lowest BCUT2D eigenvalue weighted by atomic mass is 10.0. The monoisotopic (exact) mass is 316 g/mol. The fraction of sp³-hybridized carbons (Fsp3) is 0.400. The van der Waals surface area contributed by atoms with Gasteiger partial charge in [0.1, 0.15) is 18.1 Å². The van der Waals surface area contributed by atoms with Crippen LogP contribution in [0.4, 0.5) is 4.79 Å². The molecule has 0 saturated carbocycles. The molecule has 8 heteroatoms. The Labute approximate surface area is 132 Å². The summed E-state index contributed by atoms with van der Waals surface area (Å²) in [5.74, 6) is 0.915. The van der Waals surface area contributed by atoms with Gasteiger partial charge in [-0.25, -0.2) is 9.69 Å². The molecule has 0 aromatic carbocycles. The molecule has 0 spiro atoms. The zero-order valence-corrected chi connectivity index (χ0v) is 12.4. The third-order valence-corrected chi connectivity index (χ3v) is 3.59. The number of rotatable bonds is 5. The highest BCUT2D eigenvalue weighted by molar-refractivity contribution is 5.71. The van der Waals surface area contributed by atoms with Crippen LogP contribution in [0.5, 0.6) is 0 Å². The predicted octanol–water partition coefficient (Wildman–Crippen LogP) is 3.47. The van der Waals surface area contributed by atoms with Gasteiger partial charge >= 0.3 is 6.09 Å². The molecule has 1 unspecified atom stereocenters. The average Bonchev–Trinajstić information content (AvgIpc) is 2.95. The summed E-state index contributed by atoms with van der Waals surface area (Å²) in [6, 6.07) is 0. The molecule has 3 aliphatic rings. The molecule has 1 saturated heterocycles. The summed E-state index contributed by atoms with van der Waals surface area (Å²) in [6.45, 7) is 0.348. The molecule has 0 N–H and O–H groups in total. The van der Waals surface area contributed by atoms with Crippen LogP contribution in [0.15, 0.2) is 53.1 Å². The summed E-state index contributed by atoms with van der Waals surface area (Å²) in [4.78, 5) is 15.9. The molecule has 1 fully saturated rings. The Kier molecular flexibility index (Phi) is 4.54. The van der Waals surface area contributed by atoms with Crippen LogP contribution in [0.2, 0.25) is 0 Å². The van der Waals surface area contributed by atoms with Crippen molar-refractivity contribution in [3.8, 4) is 0 Å². The van der Waals surface area contributed by atoms with Gasteiger partial charge < -0.3 is 14.2 Å². The van der Waals surface area contributed by atoms with Crippen LogP contribution in [-0.4, -0.2) is 30.2 Å². The standard InChI is InChI=1S/C15H16N4O4/c16-18-17-7-13-8-19(15(20)23-13)14-10-21-9-12(22-14)6-11-4-2-1-3-5-11/h1-2,4,9-10,13H,3,5-8H2. The molecule has 1 atom stereocenters. The number of amides is 1. The van der Waals surface area contributed by atoms with Gasteiger partial charge in [-0.2, -0.15) is 0 Å². The van der Waals surface area contributed by atoms with E-state index < -0.39 is 12.2 Å². The molecule has 0 aromatic heterocycles. The van der Waals surface area contributed by atoms with Crippen molar-refractivity contribution < 1.29 is 19.0 Å². The molecular formula is C15H16N4O4. The lowest BCUT2D eigenvalue weighted by molar-refractivity contribution is 0.117. The average molecular weight is 316 g/mol. The zero-order valence-electron chi connectivity index (χ0n) is 12.4. The Morgan fingerprint density at radius 2 is 2.35 bits per heavy atom. The lowest BCUT2D eigenvalue weighted by Gasteiger charge is -2.22. The predicted molar refractivity (Wildman–Crippen MR) is 80.4 cm³/mol. The molecule has 3 rings (SSSR count). The number of nitrogens with zero attached hydrogens (tertiary/aromatic N) is 4. The molecule has 1 aliphatic carbocycles. The van der Waals surface area contributed by atoms with Crippen molar-refractivity contribution in [1.29, 1.82) is 0 Å². The minimum Gasteiger partial charge on any atom is -0.464 e. The van der Waals surface area contributed by atoms with Crippen molar-refractivity contribution in [2.24, 2.45) is 5.11 Å². The normalized spacial score (nSPS) is 23.0. The quantitative estimate of drug-likeness (QED) is 0.440. The van der Waals surface area contributed by atoms with E-state index in [9.17, 15) is 4.79 Å². The highest BCUT2D eigenvalue weighted by Crippen LogP contribution is 2.28. The van der Waals surface area contributed by atoms with E-state index in [0.717, 1.165) is 12.8 Å². The number of carbonyl (C=O) groups excluding carboxylic acids is 1. The van der Waals surface area contributed by atoms with Gasteiger partial charge in [0.05, 0.1) is 13.1 Å². The molecule has 23 heavy (non-hydrogen) atoms. The first kappa shape index (κ1) is 15.1. The van der Waals surface area contributed by atoms with E-state index in [-0.39, 0.29) is 19.0 Å². The number of hydrogen-bond donors (Lipinski definition) is 0. The van der Waals surface area contributed by atoms with Crippen molar-refractivity contribution in [3.63, 3.8) is 0 Å². The van der Waals surface area contributed by atoms with E-state index in [2.05, 4.69) is 22.2 Å². The van der Waals surface area contributed by atoms with Crippen LogP contribution in [-0.2, 0) is 14.2 Å². The molecule has 8 nitrogen and oxygen atoms in total. The van der Waals surface area contributed by atoms with E-state index in [1.165, 1.54) is 23.0 Å². The summed E-state index contributed by atoms with van der Waals surface area (Å²) in [5, 5.41) is 3.42. The number of hydrogen-bond acceptors (Lipinski definition) is 5. The van der Waals surface area contributed by atoms with Crippen molar-refractivity contribution in [2.75, 3.05) is 13.1 Å². The van der Waals surface area contributed by atoms with E-state index in [1.54, 1.807) is 0 Å². The Balaban J connectivity index is 1.60. The van der Waals surface area contributed by atoms with Gasteiger partial charge in [0.15, 0.2) is 6.26 Å². The Morgan fingerprint density at radius 3 is 3.13 bits per heavy atom. The Hall–Kier alpha value is -2.86. The Morgan fingerprint density at radius 1 is 1.43 bits per heavy atom. The number of carbonyl (C=O) groups is 1. The minimum atomic E-state index is -0.543. The Bertz CT molecular complexity index is 658. The van der Waals surface area contributed by atoms with Crippen LogP contribution < -0.4 is 0 Å². The van der Waals surface area contributed by atoms with E-state index >= 15 is 0 Å². The first-order valence-electron chi connectivity index (χ1n) is 7.32. The van der Waals surface area contributed by atoms with Crippen LogP contribution in [0.1, 0.15) is 19.3 Å². The first-order chi connectivity index (χ1) is 11.3. The smallest absolute Gasteiger partial charge is 0.417 e. The van der Waals surface area contributed by atoms with Gasteiger partial charge in [0.25, 0.3) is 0 Å². The molecule has 0 aromatic rings. The maximum atomic E-state index is 11.9. The third-order valence-electron chi connectivity index (χ3n) is 3.59. The van der Waals surface area contributed by atoms with E-state index in [4.69, 9.17) is 19.7 Å². The van der Waals surface area contributed by atoms with Crippen LogP contribution in [0.25, 0.3) is 10.4 Å². The molecular weight excluding hydrogens is 300 g/mol. The number of azide groups is 1. The van der Waals surface area contributed by atoms with Gasteiger partial charge in [-0.3, -0.25) is 0 Å². The van der Waals surface area contributed by atoms with Gasteiger partial charge in [-0.05, 0) is 18.4 Å². The van der Waals surface area contributed by atoms with E-state index in [0.29, 0.717) is 12.2 Å². The van der Waals surface area contributed by atoms with Crippen molar-refractivity contribution >= 4 is 6.09 Å². The molecule has 2 heterocycles. The molecule has 120 valence electrons. The zero-order chi connectivity index (χ0) is 16.1. The van der Waals surface area contributed by atoms with Crippen molar-refractivity contribution in [3.05, 3.63) is 58.4 Å². The van der Waals surface area contributed by atoms with E-state index in [1.807, 2.05) is 6.08 Å². The van der Waals surface area contributed by atoms with Crippen LogP contribution in [0.3, 0.4) is 0 Å². The van der Waals surface area contributed by atoms with Gasteiger partial charge in [-0.1, -0.05) is 28.9 Å². The van der Waals surface area contributed by atoms with Gasteiger partial charge in [-0.15, -0.1) is 0 Å². The van der Waals surface area contributed by atoms with Gasteiger partial charge in [0.2, 0.25) is 5.88 Å². The summed E-state index contributed by atoms with van der Waals surface area (Å²) in [6.07, 6.45) is 10.7. The summed E-state index contributed by atoms with van der Waals surface area (Å²) in [7, 11) is 0. The summed E-state index contributed by atoms with van der Waals surface area (Å²) < 4.78 is 16.2. The number of cyclic esters (lactones) is 1. The fourth-order valence-corrected chi connectivity index (χ4v) is 2.49. The van der Waals surface area contributed by atoms with Crippen molar-refractivity contribution in [2.45, 2.75) is 25.4 Å². The third kappa shape index (κ3) is 3.67. The summed E-state index contributed by atoms with van der Waals surface area (Å²) in [5.41, 5.74) is 9.57. The second-order valence-electron chi connectivity index (χ2n) is 5.28. The topological polar surface area (TPSA) is 96.8 Å². The number of ether oxygens (including phenoxy) is 3.